The van der Waals surface area contributed by atoms with Crippen LogP contribution >= 0.6 is 0 Å². The molecule has 0 spiro atoms. The van der Waals surface area contributed by atoms with Gasteiger partial charge in [0.15, 0.2) is 0 Å². The van der Waals surface area contributed by atoms with E-state index in [4.69, 9.17) is 9.47 Å². The minimum Gasteiger partial charge on any atom is -0.494 e. The maximum absolute atomic E-state index is 13.1. The largest absolute Gasteiger partial charge is 0.494 e. The summed E-state index contributed by atoms with van der Waals surface area (Å²) in [6.45, 7) is 6.79. The lowest BCUT2D eigenvalue weighted by atomic mass is 10.0. The predicted octanol–water partition coefficient (Wildman–Crippen LogP) is 3.70. The van der Waals surface area contributed by atoms with Crippen LogP contribution in [-0.2, 0) is 14.3 Å². The SMILES string of the molecule is CCOc1cccc(NC2=C(c3ccccc3)C(=O)N(CCOC(C)C)C2=O)c1. The van der Waals surface area contributed by atoms with E-state index in [1.165, 1.54) is 4.90 Å². The standard InChI is InChI=1S/C23H26N2O4/c1-4-28-19-12-8-11-18(15-19)24-21-20(17-9-6-5-7-10-17)22(26)25(23(21)27)13-14-29-16(2)3/h5-12,15-16,24H,4,13-14H2,1-3H3. The lowest BCUT2D eigenvalue weighted by Crippen LogP contribution is -2.35. The fourth-order valence-corrected chi connectivity index (χ4v) is 3.12. The number of carbonyl (C=O) groups excluding carboxylic acids is 2. The molecule has 0 radical (unpaired) electrons. The summed E-state index contributed by atoms with van der Waals surface area (Å²) < 4.78 is 11.1. The summed E-state index contributed by atoms with van der Waals surface area (Å²) in [6.07, 6.45) is 0.0308. The summed E-state index contributed by atoms with van der Waals surface area (Å²) in [5.74, 6) is 0.0124. The van der Waals surface area contributed by atoms with Crippen LogP contribution in [-0.4, -0.2) is 42.6 Å². The third kappa shape index (κ3) is 4.84. The van der Waals surface area contributed by atoms with E-state index in [9.17, 15) is 9.59 Å². The van der Waals surface area contributed by atoms with Gasteiger partial charge >= 0.3 is 0 Å². The Morgan fingerprint density at radius 1 is 1.00 bits per heavy atom. The van der Waals surface area contributed by atoms with E-state index in [1.807, 2.05) is 69.3 Å². The highest BCUT2D eigenvalue weighted by molar-refractivity contribution is 6.36. The van der Waals surface area contributed by atoms with Crippen molar-refractivity contribution in [2.24, 2.45) is 0 Å². The fraction of sp³-hybridized carbons (Fsp3) is 0.304. The molecule has 0 aromatic heterocycles. The van der Waals surface area contributed by atoms with Gasteiger partial charge in [-0.1, -0.05) is 36.4 Å². The molecule has 2 aromatic rings. The summed E-state index contributed by atoms with van der Waals surface area (Å²) in [7, 11) is 0. The molecule has 6 heteroatoms. The molecule has 0 saturated heterocycles. The molecule has 0 aliphatic carbocycles. The zero-order valence-electron chi connectivity index (χ0n) is 17.0. The van der Waals surface area contributed by atoms with E-state index in [-0.39, 0.29) is 30.2 Å². The molecule has 0 atom stereocenters. The van der Waals surface area contributed by atoms with Crippen LogP contribution < -0.4 is 10.1 Å². The van der Waals surface area contributed by atoms with Gasteiger partial charge in [-0.25, -0.2) is 0 Å². The monoisotopic (exact) mass is 394 g/mol. The van der Waals surface area contributed by atoms with Crippen LogP contribution in [0.25, 0.3) is 5.57 Å². The fourth-order valence-electron chi connectivity index (χ4n) is 3.12. The summed E-state index contributed by atoms with van der Waals surface area (Å²) in [5.41, 5.74) is 2.00. The number of nitrogens with one attached hydrogen (secondary N) is 1. The number of hydrogen-bond acceptors (Lipinski definition) is 5. The van der Waals surface area contributed by atoms with Crippen molar-refractivity contribution in [2.45, 2.75) is 26.9 Å². The number of ether oxygens (including phenoxy) is 2. The van der Waals surface area contributed by atoms with Crippen LogP contribution in [0.1, 0.15) is 26.3 Å². The Hall–Kier alpha value is -3.12. The molecule has 0 unspecified atom stereocenters. The van der Waals surface area contributed by atoms with Gasteiger partial charge in [0.05, 0.1) is 31.4 Å². The van der Waals surface area contributed by atoms with Gasteiger partial charge in [0.2, 0.25) is 0 Å². The quantitative estimate of drug-likeness (QED) is 0.657. The number of hydrogen-bond donors (Lipinski definition) is 1. The topological polar surface area (TPSA) is 67.9 Å². The summed E-state index contributed by atoms with van der Waals surface area (Å²) in [6, 6.07) is 16.5. The molecule has 0 bridgehead atoms. The van der Waals surface area contributed by atoms with Crippen molar-refractivity contribution >= 4 is 23.1 Å². The second kappa shape index (κ2) is 9.39. The summed E-state index contributed by atoms with van der Waals surface area (Å²) >= 11 is 0. The molecule has 3 rings (SSSR count). The first-order valence-electron chi connectivity index (χ1n) is 9.78. The first-order chi connectivity index (χ1) is 14.0. The molecular weight excluding hydrogens is 368 g/mol. The van der Waals surface area contributed by atoms with Crippen molar-refractivity contribution in [2.75, 3.05) is 25.1 Å². The highest BCUT2D eigenvalue weighted by Gasteiger charge is 2.39. The first kappa shape index (κ1) is 20.6. The van der Waals surface area contributed by atoms with Gasteiger partial charge in [0, 0.05) is 11.8 Å². The average molecular weight is 394 g/mol. The van der Waals surface area contributed by atoms with Gasteiger partial charge in [-0.15, -0.1) is 0 Å². The van der Waals surface area contributed by atoms with E-state index in [0.717, 1.165) is 0 Å². The van der Waals surface area contributed by atoms with Crippen LogP contribution in [0.3, 0.4) is 0 Å². The summed E-state index contributed by atoms with van der Waals surface area (Å²) in [5, 5.41) is 3.14. The molecule has 1 aliphatic heterocycles. The smallest absolute Gasteiger partial charge is 0.278 e. The van der Waals surface area contributed by atoms with E-state index in [1.54, 1.807) is 6.07 Å². The number of carbonyl (C=O) groups is 2. The maximum Gasteiger partial charge on any atom is 0.278 e. The first-order valence-corrected chi connectivity index (χ1v) is 9.78. The molecule has 29 heavy (non-hydrogen) atoms. The van der Waals surface area contributed by atoms with Crippen LogP contribution in [0.4, 0.5) is 5.69 Å². The second-order valence-corrected chi connectivity index (χ2v) is 6.88. The van der Waals surface area contributed by atoms with Crippen molar-refractivity contribution < 1.29 is 19.1 Å². The molecule has 2 amide bonds. The molecule has 1 aliphatic rings. The number of benzene rings is 2. The molecule has 152 valence electrons. The number of nitrogens with zero attached hydrogens (tertiary/aromatic N) is 1. The Morgan fingerprint density at radius 2 is 1.76 bits per heavy atom. The van der Waals surface area contributed by atoms with Crippen molar-refractivity contribution in [3.63, 3.8) is 0 Å². The van der Waals surface area contributed by atoms with Gasteiger partial charge in [-0.2, -0.15) is 0 Å². The number of rotatable bonds is 9. The maximum atomic E-state index is 13.1. The summed E-state index contributed by atoms with van der Waals surface area (Å²) in [4.78, 5) is 27.4. The Labute approximate surface area is 171 Å². The van der Waals surface area contributed by atoms with Crippen LogP contribution in [0.2, 0.25) is 0 Å². The molecule has 1 N–H and O–H groups in total. The second-order valence-electron chi connectivity index (χ2n) is 6.88. The zero-order chi connectivity index (χ0) is 20.8. The van der Waals surface area contributed by atoms with Crippen LogP contribution in [0.5, 0.6) is 5.75 Å². The van der Waals surface area contributed by atoms with E-state index in [2.05, 4.69) is 5.32 Å². The number of imide groups is 1. The zero-order valence-corrected chi connectivity index (χ0v) is 17.0. The van der Waals surface area contributed by atoms with Crippen molar-refractivity contribution in [3.8, 4) is 5.75 Å². The minimum absolute atomic E-state index is 0.0308. The third-order valence-corrected chi connectivity index (χ3v) is 4.41. The Morgan fingerprint density at radius 3 is 2.45 bits per heavy atom. The molecular formula is C23H26N2O4. The van der Waals surface area contributed by atoms with Gasteiger partial charge in [-0.05, 0) is 38.5 Å². The van der Waals surface area contributed by atoms with E-state index < -0.39 is 0 Å². The number of anilines is 1. The van der Waals surface area contributed by atoms with E-state index in [0.29, 0.717) is 35.8 Å². The van der Waals surface area contributed by atoms with Crippen LogP contribution in [0.15, 0.2) is 60.3 Å². The number of amides is 2. The average Bonchev–Trinajstić information content (AvgIpc) is 2.93. The van der Waals surface area contributed by atoms with E-state index >= 15 is 0 Å². The molecule has 0 fully saturated rings. The lowest BCUT2D eigenvalue weighted by molar-refractivity contribution is -0.137. The Bertz CT molecular complexity index is 906. The molecule has 0 saturated carbocycles. The normalized spacial score (nSPS) is 14.1. The minimum atomic E-state index is -0.358. The predicted molar refractivity (Wildman–Crippen MR) is 112 cm³/mol. The molecule has 6 nitrogen and oxygen atoms in total. The van der Waals surface area contributed by atoms with Crippen molar-refractivity contribution in [1.82, 2.24) is 4.90 Å². The van der Waals surface area contributed by atoms with Gasteiger partial charge < -0.3 is 14.8 Å². The highest BCUT2D eigenvalue weighted by atomic mass is 16.5. The Balaban J connectivity index is 1.92. The van der Waals surface area contributed by atoms with Crippen LogP contribution in [0, 0.1) is 0 Å². The van der Waals surface area contributed by atoms with Gasteiger partial charge in [-0.3, -0.25) is 14.5 Å². The Kier molecular flexibility index (Phi) is 6.67. The lowest BCUT2D eigenvalue weighted by Gasteiger charge is -2.16. The highest BCUT2D eigenvalue weighted by Crippen LogP contribution is 2.31. The van der Waals surface area contributed by atoms with Crippen molar-refractivity contribution in [3.05, 3.63) is 65.9 Å². The third-order valence-electron chi connectivity index (χ3n) is 4.41. The van der Waals surface area contributed by atoms with Gasteiger partial charge in [0.25, 0.3) is 11.8 Å². The molecule has 2 aromatic carbocycles. The van der Waals surface area contributed by atoms with Gasteiger partial charge in [0.1, 0.15) is 11.4 Å². The van der Waals surface area contributed by atoms with Crippen molar-refractivity contribution in [1.29, 1.82) is 0 Å². The molecule has 1 heterocycles.